The fraction of sp³-hybridized carbons (Fsp3) is 0.458. The molecule has 0 aromatic heterocycles. The van der Waals surface area contributed by atoms with E-state index in [1.807, 2.05) is 20.2 Å². The molecule has 0 spiro atoms. The van der Waals surface area contributed by atoms with E-state index in [1.165, 1.54) is 11.6 Å². The van der Waals surface area contributed by atoms with Gasteiger partial charge in [-0.3, -0.25) is 9.89 Å². The lowest BCUT2D eigenvalue weighted by molar-refractivity contribution is 0.198. The molecule has 162 valence electrons. The predicted octanol–water partition coefficient (Wildman–Crippen LogP) is 3.26. The highest BCUT2D eigenvalue weighted by molar-refractivity contribution is 5.80. The van der Waals surface area contributed by atoms with Gasteiger partial charge < -0.3 is 15.5 Å². The van der Waals surface area contributed by atoms with Gasteiger partial charge >= 0.3 is 0 Å². The van der Waals surface area contributed by atoms with Crippen LogP contribution in [0.25, 0.3) is 0 Å². The largest absolute Gasteiger partial charge is 0.354 e. The topological polar surface area (TPSA) is 42.9 Å². The molecule has 1 aliphatic heterocycles. The van der Waals surface area contributed by atoms with Gasteiger partial charge in [0.2, 0.25) is 0 Å². The summed E-state index contributed by atoms with van der Waals surface area (Å²) in [5, 5.41) is 7.00. The van der Waals surface area contributed by atoms with Crippen molar-refractivity contribution in [2.45, 2.75) is 31.5 Å². The summed E-state index contributed by atoms with van der Waals surface area (Å²) in [4.78, 5) is 9.00. The van der Waals surface area contributed by atoms with Crippen molar-refractivity contribution >= 4 is 5.96 Å². The van der Waals surface area contributed by atoms with Crippen molar-refractivity contribution < 1.29 is 4.39 Å². The molecule has 2 aromatic carbocycles. The number of guanidine groups is 1. The summed E-state index contributed by atoms with van der Waals surface area (Å²) in [5.74, 6) is 0.601. The molecule has 1 heterocycles. The number of aliphatic imine (C=N–C) groups is 1. The number of halogens is 1. The van der Waals surface area contributed by atoms with Gasteiger partial charge in [-0.2, -0.15) is 0 Å². The van der Waals surface area contributed by atoms with Crippen molar-refractivity contribution in [3.05, 3.63) is 71.5 Å². The molecular weight excluding hydrogens is 377 g/mol. The SMILES string of the molecule is CN=C(NCC(c1cccc(F)c1)N(C)C)NC1CCN(Cc2ccccc2)CC1. The fourth-order valence-corrected chi connectivity index (χ4v) is 3.97. The summed E-state index contributed by atoms with van der Waals surface area (Å²) in [6.07, 6.45) is 2.18. The highest BCUT2D eigenvalue weighted by Crippen LogP contribution is 2.18. The average molecular weight is 412 g/mol. The summed E-state index contributed by atoms with van der Waals surface area (Å²) in [7, 11) is 5.82. The minimum Gasteiger partial charge on any atom is -0.354 e. The lowest BCUT2D eigenvalue weighted by atomic mass is 10.0. The third kappa shape index (κ3) is 6.54. The molecule has 0 amide bonds. The van der Waals surface area contributed by atoms with Crippen LogP contribution >= 0.6 is 0 Å². The first-order valence-electron chi connectivity index (χ1n) is 10.7. The van der Waals surface area contributed by atoms with Gasteiger partial charge in [-0.05, 0) is 50.2 Å². The molecule has 6 heteroatoms. The molecular formula is C24H34FN5. The zero-order valence-corrected chi connectivity index (χ0v) is 18.3. The third-order valence-electron chi connectivity index (χ3n) is 5.72. The summed E-state index contributed by atoms with van der Waals surface area (Å²) in [5.41, 5.74) is 2.32. The van der Waals surface area contributed by atoms with Crippen LogP contribution in [0.2, 0.25) is 0 Å². The number of rotatable bonds is 7. The molecule has 3 rings (SSSR count). The summed E-state index contributed by atoms with van der Waals surface area (Å²) in [6.45, 7) is 3.82. The van der Waals surface area contributed by atoms with Crippen LogP contribution < -0.4 is 10.6 Å². The van der Waals surface area contributed by atoms with E-state index < -0.39 is 0 Å². The van der Waals surface area contributed by atoms with Crippen molar-refractivity contribution in [2.24, 2.45) is 4.99 Å². The molecule has 2 N–H and O–H groups in total. The van der Waals surface area contributed by atoms with Crippen molar-refractivity contribution in [3.63, 3.8) is 0 Å². The molecule has 1 saturated heterocycles. The van der Waals surface area contributed by atoms with Crippen LogP contribution in [0.1, 0.15) is 30.0 Å². The Morgan fingerprint density at radius 1 is 1.13 bits per heavy atom. The van der Waals surface area contributed by atoms with Crippen LogP contribution in [0.15, 0.2) is 59.6 Å². The Morgan fingerprint density at radius 3 is 2.50 bits per heavy atom. The average Bonchev–Trinajstić information content (AvgIpc) is 2.75. The molecule has 1 fully saturated rings. The number of likely N-dealkylation sites (N-methyl/N-ethyl adjacent to an activating group) is 1. The quantitative estimate of drug-likeness (QED) is 0.542. The number of nitrogens with one attached hydrogen (secondary N) is 2. The lowest BCUT2D eigenvalue weighted by Gasteiger charge is -2.33. The first-order valence-corrected chi connectivity index (χ1v) is 10.7. The Balaban J connectivity index is 1.47. The molecule has 2 aromatic rings. The molecule has 0 radical (unpaired) electrons. The molecule has 30 heavy (non-hydrogen) atoms. The molecule has 1 unspecified atom stereocenters. The third-order valence-corrected chi connectivity index (χ3v) is 5.72. The van der Waals surface area contributed by atoms with E-state index in [-0.39, 0.29) is 11.9 Å². The standard InChI is InChI=1S/C24H34FN5/c1-26-24(27-17-23(29(2)3)20-10-7-11-21(25)16-20)28-22-12-14-30(15-13-22)18-19-8-5-4-6-9-19/h4-11,16,22-23H,12-15,17-18H2,1-3H3,(H2,26,27,28). The van der Waals surface area contributed by atoms with E-state index >= 15 is 0 Å². The minimum atomic E-state index is -0.205. The van der Waals surface area contributed by atoms with Crippen LogP contribution in [0.3, 0.4) is 0 Å². The van der Waals surface area contributed by atoms with Gasteiger partial charge in [0.15, 0.2) is 5.96 Å². The second kappa shape index (κ2) is 11.1. The second-order valence-electron chi connectivity index (χ2n) is 8.17. The number of nitrogens with zero attached hydrogens (tertiary/aromatic N) is 3. The van der Waals surface area contributed by atoms with Crippen molar-refractivity contribution in [2.75, 3.05) is 40.8 Å². The van der Waals surface area contributed by atoms with Crippen molar-refractivity contribution in [3.8, 4) is 0 Å². The maximum absolute atomic E-state index is 13.7. The minimum absolute atomic E-state index is 0.0620. The maximum atomic E-state index is 13.7. The number of piperidine rings is 1. The van der Waals surface area contributed by atoms with E-state index in [0.717, 1.165) is 44.0 Å². The van der Waals surface area contributed by atoms with Gasteiger partial charge in [0, 0.05) is 39.3 Å². The molecule has 0 saturated carbocycles. The molecule has 0 bridgehead atoms. The first-order chi connectivity index (χ1) is 14.5. The van der Waals surface area contributed by atoms with E-state index in [9.17, 15) is 4.39 Å². The number of benzene rings is 2. The fourth-order valence-electron chi connectivity index (χ4n) is 3.97. The zero-order chi connectivity index (χ0) is 21.3. The maximum Gasteiger partial charge on any atom is 0.191 e. The Bertz CT molecular complexity index is 800. The zero-order valence-electron chi connectivity index (χ0n) is 18.3. The Labute approximate surface area is 180 Å². The van der Waals surface area contributed by atoms with Crippen LogP contribution in [-0.2, 0) is 6.54 Å². The molecule has 1 atom stereocenters. The van der Waals surface area contributed by atoms with E-state index in [2.05, 4.69) is 55.8 Å². The van der Waals surface area contributed by atoms with Crippen LogP contribution in [0.4, 0.5) is 4.39 Å². The summed E-state index contributed by atoms with van der Waals surface area (Å²) in [6, 6.07) is 17.9. The van der Waals surface area contributed by atoms with Crippen molar-refractivity contribution in [1.29, 1.82) is 0 Å². The smallest absolute Gasteiger partial charge is 0.191 e. The highest BCUT2D eigenvalue weighted by atomic mass is 19.1. The van der Waals surface area contributed by atoms with Gasteiger partial charge in [0.25, 0.3) is 0 Å². The highest BCUT2D eigenvalue weighted by Gasteiger charge is 2.21. The van der Waals surface area contributed by atoms with Gasteiger partial charge in [-0.15, -0.1) is 0 Å². The van der Waals surface area contributed by atoms with E-state index in [4.69, 9.17) is 0 Å². The van der Waals surface area contributed by atoms with Gasteiger partial charge in [0.1, 0.15) is 5.82 Å². The molecule has 1 aliphatic rings. The number of hydrogen-bond donors (Lipinski definition) is 2. The summed E-state index contributed by atoms with van der Waals surface area (Å²) >= 11 is 0. The normalized spacial score (nSPS) is 17.2. The predicted molar refractivity (Wildman–Crippen MR) is 122 cm³/mol. The monoisotopic (exact) mass is 411 g/mol. The number of hydrogen-bond acceptors (Lipinski definition) is 3. The van der Waals surface area contributed by atoms with E-state index in [1.54, 1.807) is 19.2 Å². The van der Waals surface area contributed by atoms with Gasteiger partial charge in [-0.25, -0.2) is 4.39 Å². The van der Waals surface area contributed by atoms with Gasteiger partial charge in [-0.1, -0.05) is 42.5 Å². The molecule has 0 aliphatic carbocycles. The Kier molecular flexibility index (Phi) is 8.22. The Morgan fingerprint density at radius 2 is 1.87 bits per heavy atom. The van der Waals surface area contributed by atoms with Crippen LogP contribution in [-0.4, -0.2) is 62.6 Å². The molecule has 5 nitrogen and oxygen atoms in total. The number of likely N-dealkylation sites (tertiary alicyclic amines) is 1. The lowest BCUT2D eigenvalue weighted by Crippen LogP contribution is -2.49. The van der Waals surface area contributed by atoms with Crippen LogP contribution in [0.5, 0.6) is 0 Å². The second-order valence-corrected chi connectivity index (χ2v) is 8.17. The Hall–Kier alpha value is -2.44. The van der Waals surface area contributed by atoms with Gasteiger partial charge in [0.05, 0.1) is 6.04 Å². The van der Waals surface area contributed by atoms with Crippen LogP contribution in [0, 0.1) is 5.82 Å². The summed E-state index contributed by atoms with van der Waals surface area (Å²) < 4.78 is 13.7. The van der Waals surface area contributed by atoms with E-state index in [0.29, 0.717) is 12.6 Å². The first kappa shape index (κ1) is 22.2. The van der Waals surface area contributed by atoms with Crippen molar-refractivity contribution in [1.82, 2.24) is 20.4 Å².